The van der Waals surface area contributed by atoms with E-state index in [2.05, 4.69) is 4.72 Å². The van der Waals surface area contributed by atoms with E-state index in [1.807, 2.05) is 6.92 Å². The van der Waals surface area contributed by atoms with E-state index in [4.69, 9.17) is 16.3 Å². The average Bonchev–Trinajstić information content (AvgIpc) is 2.34. The van der Waals surface area contributed by atoms with E-state index in [0.717, 1.165) is 5.56 Å². The predicted molar refractivity (Wildman–Crippen MR) is 71.1 cm³/mol. The highest BCUT2D eigenvalue weighted by Crippen LogP contribution is 2.21. The molecule has 1 aromatic carbocycles. The summed E-state index contributed by atoms with van der Waals surface area (Å²) < 4.78 is 33.3. The fraction of sp³-hybridized carbons (Fsp3) is 0.455. The second kappa shape index (κ2) is 5.44. The fourth-order valence-electron chi connectivity index (χ4n) is 1.73. The molecule has 2 rings (SSSR count). The summed E-state index contributed by atoms with van der Waals surface area (Å²) in [5, 5.41) is 0.585. The summed E-state index contributed by atoms with van der Waals surface area (Å²) in [5.41, 5.74) is 1.34. The molecule has 1 saturated heterocycles. The zero-order valence-electron chi connectivity index (χ0n) is 10.0. The Morgan fingerprint density at radius 3 is 2.61 bits per heavy atom. The van der Waals surface area contributed by atoms with Gasteiger partial charge in [0.15, 0.2) is 0 Å². The summed E-state index contributed by atoms with van der Waals surface area (Å²) in [5.74, 6) is 0. The Bertz CT molecular complexity index is 527. The molecule has 7 heteroatoms. The number of halogens is 1. The van der Waals surface area contributed by atoms with Gasteiger partial charge in [-0.3, -0.25) is 4.72 Å². The third kappa shape index (κ3) is 3.14. The van der Waals surface area contributed by atoms with Gasteiger partial charge in [0.05, 0.1) is 18.9 Å². The quantitative estimate of drug-likeness (QED) is 0.921. The molecule has 5 nitrogen and oxygen atoms in total. The highest BCUT2D eigenvalue weighted by atomic mass is 35.5. The third-order valence-electron chi connectivity index (χ3n) is 2.74. The first-order valence-corrected chi connectivity index (χ1v) is 7.42. The van der Waals surface area contributed by atoms with Crippen LogP contribution in [0.5, 0.6) is 0 Å². The van der Waals surface area contributed by atoms with Gasteiger partial charge in [-0.05, 0) is 30.7 Å². The molecule has 1 fully saturated rings. The van der Waals surface area contributed by atoms with Gasteiger partial charge in [-0.15, -0.1) is 0 Å². The number of hydrogen-bond donors (Lipinski definition) is 1. The van der Waals surface area contributed by atoms with Crippen molar-refractivity contribution < 1.29 is 13.2 Å². The molecule has 1 heterocycles. The van der Waals surface area contributed by atoms with Crippen LogP contribution in [-0.4, -0.2) is 39.0 Å². The van der Waals surface area contributed by atoms with Crippen LogP contribution in [0, 0.1) is 6.92 Å². The van der Waals surface area contributed by atoms with E-state index in [1.54, 1.807) is 18.2 Å². The van der Waals surface area contributed by atoms with E-state index >= 15 is 0 Å². The van der Waals surface area contributed by atoms with E-state index in [1.165, 1.54) is 4.31 Å². The van der Waals surface area contributed by atoms with Crippen LogP contribution in [0.15, 0.2) is 18.2 Å². The van der Waals surface area contributed by atoms with Crippen molar-refractivity contribution in [2.75, 3.05) is 31.0 Å². The fourth-order valence-corrected chi connectivity index (χ4v) is 3.22. The Morgan fingerprint density at radius 1 is 1.33 bits per heavy atom. The van der Waals surface area contributed by atoms with Gasteiger partial charge in [0.2, 0.25) is 0 Å². The predicted octanol–water partition coefficient (Wildman–Crippen LogP) is 1.64. The van der Waals surface area contributed by atoms with Crippen LogP contribution in [0.2, 0.25) is 5.02 Å². The number of nitrogens with one attached hydrogen (secondary N) is 1. The van der Waals surface area contributed by atoms with Crippen LogP contribution >= 0.6 is 11.6 Å². The molecule has 1 aliphatic rings. The maximum Gasteiger partial charge on any atom is 0.301 e. The normalized spacial score (nSPS) is 17.7. The summed E-state index contributed by atoms with van der Waals surface area (Å²) in [6.45, 7) is 3.42. The molecule has 0 aromatic heterocycles. The first-order chi connectivity index (χ1) is 8.49. The largest absolute Gasteiger partial charge is 0.379 e. The van der Waals surface area contributed by atoms with Gasteiger partial charge < -0.3 is 4.74 Å². The molecule has 18 heavy (non-hydrogen) atoms. The summed E-state index contributed by atoms with van der Waals surface area (Å²) >= 11 is 5.83. The van der Waals surface area contributed by atoms with E-state index in [0.29, 0.717) is 37.0 Å². The van der Waals surface area contributed by atoms with Crippen molar-refractivity contribution in [3.63, 3.8) is 0 Å². The first kappa shape index (κ1) is 13.6. The van der Waals surface area contributed by atoms with E-state index in [-0.39, 0.29) is 0 Å². The lowest BCUT2D eigenvalue weighted by Gasteiger charge is -2.26. The Morgan fingerprint density at radius 2 is 2.00 bits per heavy atom. The molecule has 0 bridgehead atoms. The lowest BCUT2D eigenvalue weighted by Crippen LogP contribution is -2.43. The van der Waals surface area contributed by atoms with Crippen molar-refractivity contribution in [1.82, 2.24) is 4.31 Å². The molecule has 0 atom stereocenters. The molecule has 0 unspecified atom stereocenters. The molecule has 1 aromatic rings. The highest BCUT2D eigenvalue weighted by Gasteiger charge is 2.24. The van der Waals surface area contributed by atoms with Crippen LogP contribution in [0.4, 0.5) is 5.69 Å². The number of nitrogens with zero attached hydrogens (tertiary/aromatic N) is 1. The highest BCUT2D eigenvalue weighted by molar-refractivity contribution is 7.90. The Hall–Kier alpha value is -0.820. The SMILES string of the molecule is Cc1cc(Cl)ccc1NS(=O)(=O)N1CCOCC1. The molecule has 0 amide bonds. The number of benzene rings is 1. The molecule has 1 aliphatic heterocycles. The number of rotatable bonds is 3. The zero-order chi connectivity index (χ0) is 13.2. The van der Waals surface area contributed by atoms with E-state index in [9.17, 15) is 8.42 Å². The van der Waals surface area contributed by atoms with Crippen LogP contribution in [-0.2, 0) is 14.9 Å². The molecular formula is C11H15ClN2O3S. The van der Waals surface area contributed by atoms with Crippen molar-refractivity contribution in [2.45, 2.75) is 6.92 Å². The summed E-state index contributed by atoms with van der Waals surface area (Å²) in [7, 11) is -3.51. The molecular weight excluding hydrogens is 276 g/mol. The minimum Gasteiger partial charge on any atom is -0.379 e. The first-order valence-electron chi connectivity index (χ1n) is 5.61. The molecule has 0 radical (unpaired) electrons. The minimum atomic E-state index is -3.51. The van der Waals surface area contributed by atoms with Crippen LogP contribution < -0.4 is 4.72 Å². The van der Waals surface area contributed by atoms with Crippen molar-refractivity contribution in [2.24, 2.45) is 0 Å². The van der Waals surface area contributed by atoms with Gasteiger partial charge in [-0.1, -0.05) is 11.6 Å². The van der Waals surface area contributed by atoms with Crippen LogP contribution in [0.25, 0.3) is 0 Å². The second-order valence-corrected chi connectivity index (χ2v) is 6.18. The van der Waals surface area contributed by atoms with Crippen molar-refractivity contribution >= 4 is 27.5 Å². The number of morpholine rings is 1. The van der Waals surface area contributed by atoms with Crippen molar-refractivity contribution in [3.05, 3.63) is 28.8 Å². The van der Waals surface area contributed by atoms with Gasteiger partial charge in [-0.25, -0.2) is 0 Å². The number of aryl methyl sites for hydroxylation is 1. The zero-order valence-corrected chi connectivity index (χ0v) is 11.6. The van der Waals surface area contributed by atoms with Gasteiger partial charge >= 0.3 is 10.2 Å². The summed E-state index contributed by atoms with van der Waals surface area (Å²) in [4.78, 5) is 0. The molecule has 0 aliphatic carbocycles. The third-order valence-corrected chi connectivity index (χ3v) is 4.50. The van der Waals surface area contributed by atoms with Crippen molar-refractivity contribution in [3.8, 4) is 0 Å². The Balaban J connectivity index is 2.16. The van der Waals surface area contributed by atoms with Crippen LogP contribution in [0.1, 0.15) is 5.56 Å². The molecule has 1 N–H and O–H groups in total. The maximum atomic E-state index is 12.1. The van der Waals surface area contributed by atoms with E-state index < -0.39 is 10.2 Å². The lowest BCUT2D eigenvalue weighted by atomic mass is 10.2. The van der Waals surface area contributed by atoms with Crippen LogP contribution in [0.3, 0.4) is 0 Å². The number of hydrogen-bond acceptors (Lipinski definition) is 3. The monoisotopic (exact) mass is 290 g/mol. The Kier molecular flexibility index (Phi) is 4.11. The summed E-state index contributed by atoms with van der Waals surface area (Å²) in [6.07, 6.45) is 0. The number of anilines is 1. The van der Waals surface area contributed by atoms with Gasteiger partial charge in [0.1, 0.15) is 0 Å². The number of ether oxygens (including phenoxy) is 1. The van der Waals surface area contributed by atoms with Crippen molar-refractivity contribution in [1.29, 1.82) is 0 Å². The topological polar surface area (TPSA) is 58.6 Å². The Labute approximate surface area is 112 Å². The second-order valence-electron chi connectivity index (χ2n) is 4.08. The minimum absolute atomic E-state index is 0.377. The molecule has 0 saturated carbocycles. The standard InChI is InChI=1S/C11H15ClN2O3S/c1-9-8-10(12)2-3-11(9)13-18(15,16)14-4-6-17-7-5-14/h2-3,8,13H,4-7H2,1H3. The summed E-state index contributed by atoms with van der Waals surface area (Å²) in [6, 6.07) is 5.04. The van der Waals surface area contributed by atoms with Gasteiger partial charge in [0.25, 0.3) is 0 Å². The molecule has 100 valence electrons. The maximum absolute atomic E-state index is 12.1. The lowest BCUT2D eigenvalue weighted by molar-refractivity contribution is 0.0733. The smallest absolute Gasteiger partial charge is 0.301 e. The van der Waals surface area contributed by atoms with Gasteiger partial charge in [0, 0.05) is 18.1 Å². The average molecular weight is 291 g/mol. The molecule has 0 spiro atoms. The van der Waals surface area contributed by atoms with Gasteiger partial charge in [-0.2, -0.15) is 12.7 Å².